The fourth-order valence-corrected chi connectivity index (χ4v) is 5.64. The third-order valence-corrected chi connectivity index (χ3v) is 8.55. The van der Waals surface area contributed by atoms with Crippen molar-refractivity contribution < 1.29 is 9.47 Å². The van der Waals surface area contributed by atoms with Crippen LogP contribution in [-0.4, -0.2) is 13.7 Å². The van der Waals surface area contributed by atoms with Crippen LogP contribution in [0.1, 0.15) is 67.3 Å². The lowest BCUT2D eigenvalue weighted by Gasteiger charge is -2.25. The first-order chi connectivity index (χ1) is 23.1. The molecular weight excluding hydrogens is 574 g/mol. The Morgan fingerprint density at radius 2 is 1.13 bits per heavy atom. The van der Waals surface area contributed by atoms with Crippen LogP contribution in [0, 0.1) is 12.8 Å². The molecule has 0 bridgehead atoms. The van der Waals surface area contributed by atoms with Crippen molar-refractivity contribution in [3.8, 4) is 11.5 Å². The van der Waals surface area contributed by atoms with Gasteiger partial charge in [-0.1, -0.05) is 136 Å². The van der Waals surface area contributed by atoms with Gasteiger partial charge in [0.1, 0.15) is 11.5 Å². The standard InChI is InChI=1S/C44H47NO2/c1-5-7-14-35(6-2)33-47-44-32-38(43(46-4)31-39(44)28-24-36-21-19-34(3)20-22-36)27-23-37-25-29-42(30-26-37)45(40-15-10-8-11-16-40)41-17-12-9-13-18-41/h8-13,15-32,35H,5-7,14,33H2,1-4H3/b27-23+,28-24+. The molecule has 1 atom stereocenters. The number of para-hydroxylation sites is 2. The van der Waals surface area contributed by atoms with E-state index in [1.54, 1.807) is 7.11 Å². The number of hydrogen-bond acceptors (Lipinski definition) is 3. The van der Waals surface area contributed by atoms with Gasteiger partial charge < -0.3 is 14.4 Å². The molecule has 0 amide bonds. The van der Waals surface area contributed by atoms with Gasteiger partial charge in [0.05, 0.1) is 13.7 Å². The van der Waals surface area contributed by atoms with Crippen molar-refractivity contribution in [2.24, 2.45) is 5.92 Å². The summed E-state index contributed by atoms with van der Waals surface area (Å²) in [5, 5.41) is 0. The van der Waals surface area contributed by atoms with Crippen molar-refractivity contribution in [3.05, 3.63) is 149 Å². The molecule has 0 spiro atoms. The Bertz CT molecular complexity index is 1680. The average molecular weight is 622 g/mol. The molecule has 3 heteroatoms. The average Bonchev–Trinajstić information content (AvgIpc) is 3.12. The van der Waals surface area contributed by atoms with E-state index in [9.17, 15) is 0 Å². The highest BCUT2D eigenvalue weighted by Gasteiger charge is 2.14. The van der Waals surface area contributed by atoms with Crippen LogP contribution in [0.2, 0.25) is 0 Å². The van der Waals surface area contributed by atoms with Gasteiger partial charge in [-0.25, -0.2) is 0 Å². The SMILES string of the molecule is CCCCC(CC)COc1cc(/C=C/c2ccc(N(c3ccccc3)c3ccccc3)cc2)c(OC)cc1/C=C/c1ccc(C)cc1. The Labute approximate surface area is 281 Å². The molecule has 1 unspecified atom stereocenters. The van der Waals surface area contributed by atoms with E-state index in [0.29, 0.717) is 12.5 Å². The van der Waals surface area contributed by atoms with Crippen LogP contribution in [-0.2, 0) is 0 Å². The monoisotopic (exact) mass is 621 g/mol. The van der Waals surface area contributed by atoms with E-state index in [0.717, 1.165) is 57.2 Å². The molecule has 0 radical (unpaired) electrons. The Balaban J connectivity index is 1.42. The van der Waals surface area contributed by atoms with Crippen molar-refractivity contribution in [2.75, 3.05) is 18.6 Å². The van der Waals surface area contributed by atoms with Gasteiger partial charge in [-0.2, -0.15) is 0 Å². The molecule has 5 aromatic carbocycles. The lowest BCUT2D eigenvalue weighted by Crippen LogP contribution is -2.12. The molecule has 0 saturated heterocycles. The van der Waals surface area contributed by atoms with Gasteiger partial charge in [-0.15, -0.1) is 0 Å². The predicted octanol–water partition coefficient (Wildman–Crippen LogP) is 12.4. The van der Waals surface area contributed by atoms with Gasteiger partial charge in [0.2, 0.25) is 0 Å². The summed E-state index contributed by atoms with van der Waals surface area (Å²) in [6.07, 6.45) is 13.3. The number of benzene rings is 5. The van der Waals surface area contributed by atoms with Gasteiger partial charge in [0.25, 0.3) is 0 Å². The topological polar surface area (TPSA) is 21.7 Å². The van der Waals surface area contributed by atoms with E-state index < -0.39 is 0 Å². The van der Waals surface area contributed by atoms with E-state index >= 15 is 0 Å². The second-order valence-electron chi connectivity index (χ2n) is 12.0. The number of anilines is 3. The van der Waals surface area contributed by atoms with Gasteiger partial charge in [0.15, 0.2) is 0 Å². The molecule has 0 aromatic heterocycles. The summed E-state index contributed by atoms with van der Waals surface area (Å²) in [5.74, 6) is 2.22. The predicted molar refractivity (Wildman–Crippen MR) is 202 cm³/mol. The fourth-order valence-electron chi connectivity index (χ4n) is 5.64. The Kier molecular flexibility index (Phi) is 12.1. The first-order valence-electron chi connectivity index (χ1n) is 16.9. The lowest BCUT2D eigenvalue weighted by atomic mass is 10.0. The smallest absolute Gasteiger partial charge is 0.127 e. The summed E-state index contributed by atoms with van der Waals surface area (Å²) in [5.41, 5.74) is 8.85. The Hall–Kier alpha value is -5.02. The first-order valence-corrected chi connectivity index (χ1v) is 16.9. The molecule has 0 aliphatic heterocycles. The highest BCUT2D eigenvalue weighted by Crippen LogP contribution is 2.35. The molecular formula is C44H47NO2. The summed E-state index contributed by atoms with van der Waals surface area (Å²) < 4.78 is 12.5. The molecule has 0 aliphatic rings. The zero-order valence-electron chi connectivity index (χ0n) is 28.2. The van der Waals surface area contributed by atoms with Crippen molar-refractivity contribution in [1.29, 1.82) is 0 Å². The third kappa shape index (κ3) is 9.26. The fraction of sp³-hybridized carbons (Fsp3) is 0.227. The molecule has 3 nitrogen and oxygen atoms in total. The first kappa shape index (κ1) is 33.3. The molecule has 0 fully saturated rings. The minimum absolute atomic E-state index is 0.537. The number of rotatable bonds is 15. The molecule has 240 valence electrons. The van der Waals surface area contributed by atoms with Crippen molar-refractivity contribution in [1.82, 2.24) is 0 Å². The minimum atomic E-state index is 0.537. The summed E-state index contributed by atoms with van der Waals surface area (Å²) >= 11 is 0. The maximum absolute atomic E-state index is 6.57. The number of unbranched alkanes of at least 4 members (excludes halogenated alkanes) is 1. The van der Waals surface area contributed by atoms with Crippen LogP contribution in [0.4, 0.5) is 17.1 Å². The molecule has 0 saturated carbocycles. The van der Waals surface area contributed by atoms with E-state index in [4.69, 9.17) is 9.47 Å². The number of ether oxygens (including phenoxy) is 2. The molecule has 47 heavy (non-hydrogen) atoms. The number of nitrogens with zero attached hydrogens (tertiary/aromatic N) is 1. The van der Waals surface area contributed by atoms with Crippen LogP contribution >= 0.6 is 0 Å². The van der Waals surface area contributed by atoms with Crippen molar-refractivity contribution in [2.45, 2.75) is 46.5 Å². The molecule has 5 aromatic rings. The largest absolute Gasteiger partial charge is 0.496 e. The van der Waals surface area contributed by atoms with Crippen molar-refractivity contribution in [3.63, 3.8) is 0 Å². The zero-order valence-corrected chi connectivity index (χ0v) is 28.2. The maximum atomic E-state index is 6.57. The van der Waals surface area contributed by atoms with Crippen LogP contribution in [0.3, 0.4) is 0 Å². The molecule has 0 aliphatic carbocycles. The van der Waals surface area contributed by atoms with Crippen LogP contribution in [0.25, 0.3) is 24.3 Å². The van der Waals surface area contributed by atoms with Gasteiger partial charge in [-0.3, -0.25) is 0 Å². The van der Waals surface area contributed by atoms with Crippen LogP contribution < -0.4 is 14.4 Å². The highest BCUT2D eigenvalue weighted by molar-refractivity contribution is 5.80. The summed E-state index contributed by atoms with van der Waals surface area (Å²) in [7, 11) is 1.73. The number of hydrogen-bond donors (Lipinski definition) is 0. The van der Waals surface area contributed by atoms with Gasteiger partial charge in [0, 0.05) is 28.2 Å². The minimum Gasteiger partial charge on any atom is -0.496 e. The number of methoxy groups -OCH3 is 1. The van der Waals surface area contributed by atoms with Crippen LogP contribution in [0.5, 0.6) is 11.5 Å². The van der Waals surface area contributed by atoms with E-state index in [-0.39, 0.29) is 0 Å². The van der Waals surface area contributed by atoms with Crippen LogP contribution in [0.15, 0.2) is 121 Å². The van der Waals surface area contributed by atoms with Gasteiger partial charge in [-0.05, 0) is 78.9 Å². The summed E-state index contributed by atoms with van der Waals surface area (Å²) in [6, 6.07) is 42.4. The molecule has 5 rings (SSSR count). The second kappa shape index (κ2) is 17.1. The summed E-state index contributed by atoms with van der Waals surface area (Å²) in [4.78, 5) is 2.27. The second-order valence-corrected chi connectivity index (χ2v) is 12.0. The van der Waals surface area contributed by atoms with E-state index in [1.807, 2.05) is 12.1 Å². The van der Waals surface area contributed by atoms with Gasteiger partial charge >= 0.3 is 0 Å². The molecule has 0 heterocycles. The zero-order chi connectivity index (χ0) is 32.8. The third-order valence-electron chi connectivity index (χ3n) is 8.55. The highest BCUT2D eigenvalue weighted by atomic mass is 16.5. The Morgan fingerprint density at radius 1 is 0.617 bits per heavy atom. The quantitative estimate of drug-likeness (QED) is 0.109. The molecule has 0 N–H and O–H groups in total. The van der Waals surface area contributed by atoms with E-state index in [1.165, 1.54) is 24.8 Å². The maximum Gasteiger partial charge on any atom is 0.127 e. The number of aryl methyl sites for hydroxylation is 1. The lowest BCUT2D eigenvalue weighted by molar-refractivity contribution is 0.232. The van der Waals surface area contributed by atoms with Crippen molar-refractivity contribution >= 4 is 41.4 Å². The van der Waals surface area contributed by atoms with E-state index in [2.05, 4.69) is 159 Å². The summed E-state index contributed by atoms with van der Waals surface area (Å²) in [6.45, 7) is 7.32. The Morgan fingerprint density at radius 3 is 1.66 bits per heavy atom. The normalized spacial score (nSPS) is 12.0.